The van der Waals surface area contributed by atoms with Crippen LogP contribution in [0.15, 0.2) is 0 Å². The van der Waals surface area contributed by atoms with Gasteiger partial charge < -0.3 is 14.6 Å². The molecular weight excluding hydrogens is 295 g/mol. The number of morpholine rings is 1. The van der Waals surface area contributed by atoms with Gasteiger partial charge in [0, 0.05) is 0 Å². The molecule has 1 aliphatic carbocycles. The van der Waals surface area contributed by atoms with Gasteiger partial charge in [-0.1, -0.05) is 0 Å². The van der Waals surface area contributed by atoms with Gasteiger partial charge in [0.25, 0.3) is 0 Å². The monoisotopic (exact) mass is 311 g/mol. The molecule has 0 aromatic rings. The van der Waals surface area contributed by atoms with Crippen LogP contribution in [0, 0.1) is 5.92 Å². The zero-order chi connectivity index (χ0) is 16.2. The minimum Gasteiger partial charge on any atom is -0.480 e. The fourth-order valence-corrected chi connectivity index (χ4v) is 2.43. The average Bonchev–Trinajstić information content (AvgIpc) is 2.97. The van der Waals surface area contributed by atoms with E-state index < -0.39 is 54.6 Å². The summed E-state index contributed by atoms with van der Waals surface area (Å²) in [4.78, 5) is 23.9. The molecule has 2 fully saturated rings. The first-order valence-corrected chi connectivity index (χ1v) is 6.36. The Labute approximate surface area is 118 Å². The van der Waals surface area contributed by atoms with Crippen molar-refractivity contribution in [1.82, 2.24) is 4.90 Å². The third-order valence-electron chi connectivity index (χ3n) is 3.29. The van der Waals surface area contributed by atoms with Crippen LogP contribution in [0.4, 0.5) is 18.0 Å². The molecule has 2 aliphatic rings. The van der Waals surface area contributed by atoms with Crippen molar-refractivity contribution in [3.63, 3.8) is 0 Å². The highest BCUT2D eigenvalue weighted by molar-refractivity contribution is 5.81. The molecule has 6 nitrogen and oxygen atoms in total. The van der Waals surface area contributed by atoms with Gasteiger partial charge in [-0.2, -0.15) is 13.2 Å². The first kappa shape index (κ1) is 15.9. The number of rotatable bonds is 1. The molecule has 1 heterocycles. The van der Waals surface area contributed by atoms with Crippen LogP contribution in [0.25, 0.3) is 0 Å². The summed E-state index contributed by atoms with van der Waals surface area (Å²) in [5.74, 6) is -3.29. The van der Waals surface area contributed by atoms with Crippen LogP contribution >= 0.6 is 0 Å². The van der Waals surface area contributed by atoms with Crippen LogP contribution in [0.1, 0.15) is 20.8 Å². The maximum absolute atomic E-state index is 12.8. The van der Waals surface area contributed by atoms with Crippen LogP contribution in [0.2, 0.25) is 0 Å². The minimum atomic E-state index is -4.55. The Morgan fingerprint density at radius 2 is 1.86 bits per heavy atom. The third kappa shape index (κ3) is 3.07. The average molecular weight is 311 g/mol. The summed E-state index contributed by atoms with van der Waals surface area (Å²) < 4.78 is 48.5. The van der Waals surface area contributed by atoms with Crippen molar-refractivity contribution in [3.8, 4) is 0 Å². The summed E-state index contributed by atoms with van der Waals surface area (Å²) in [5, 5.41) is 9.07. The predicted octanol–water partition coefficient (Wildman–Crippen LogP) is 1.64. The molecule has 2 rings (SSSR count). The Bertz CT molecular complexity index is 459. The fourth-order valence-electron chi connectivity index (χ4n) is 2.43. The number of carboxylic acids is 1. The van der Waals surface area contributed by atoms with E-state index in [4.69, 9.17) is 14.6 Å². The number of halogens is 3. The van der Waals surface area contributed by atoms with Crippen molar-refractivity contribution >= 4 is 12.1 Å². The number of hydrogen-bond acceptors (Lipinski definition) is 4. The first-order chi connectivity index (χ1) is 9.43. The maximum Gasteiger partial charge on any atom is 0.411 e. The van der Waals surface area contributed by atoms with Gasteiger partial charge in [-0.3, -0.25) is 4.90 Å². The lowest BCUT2D eigenvalue weighted by molar-refractivity contribution is -0.157. The van der Waals surface area contributed by atoms with Crippen LogP contribution in [-0.4, -0.2) is 58.6 Å². The lowest BCUT2D eigenvalue weighted by Gasteiger charge is -2.34. The summed E-state index contributed by atoms with van der Waals surface area (Å²) in [5.41, 5.74) is -0.934. The lowest BCUT2D eigenvalue weighted by Crippen LogP contribution is -2.54. The summed E-state index contributed by atoms with van der Waals surface area (Å²) in [6, 6.07) is -2.82. The number of amides is 1. The van der Waals surface area contributed by atoms with E-state index in [0.29, 0.717) is 4.90 Å². The molecule has 0 radical (unpaired) electrons. The quantitative estimate of drug-likeness (QED) is 0.796. The highest BCUT2D eigenvalue weighted by Crippen LogP contribution is 2.52. The summed E-state index contributed by atoms with van der Waals surface area (Å²) >= 11 is 0. The predicted molar refractivity (Wildman–Crippen MR) is 62.6 cm³/mol. The van der Waals surface area contributed by atoms with Crippen molar-refractivity contribution in [3.05, 3.63) is 0 Å². The molecule has 0 spiro atoms. The molecule has 0 bridgehead atoms. The number of aliphatic carboxylic acids is 1. The zero-order valence-electron chi connectivity index (χ0n) is 11.7. The Morgan fingerprint density at radius 3 is 2.29 bits per heavy atom. The van der Waals surface area contributed by atoms with Crippen molar-refractivity contribution < 1.29 is 37.3 Å². The van der Waals surface area contributed by atoms with Crippen molar-refractivity contribution in [2.45, 2.75) is 50.7 Å². The summed E-state index contributed by atoms with van der Waals surface area (Å²) in [6.45, 7) is 4.16. The Balaban J connectivity index is 2.23. The van der Waals surface area contributed by atoms with Gasteiger partial charge >= 0.3 is 18.2 Å². The third-order valence-corrected chi connectivity index (χ3v) is 3.29. The van der Waals surface area contributed by atoms with Crippen LogP contribution in [0.5, 0.6) is 0 Å². The smallest absolute Gasteiger partial charge is 0.411 e. The number of carboxylic acid groups (broad SMARTS) is 1. The molecule has 9 heteroatoms. The number of carbonyl (C=O) groups is 2. The molecular formula is C12H16F3NO5. The van der Waals surface area contributed by atoms with E-state index in [1.54, 1.807) is 20.8 Å². The molecule has 21 heavy (non-hydrogen) atoms. The molecule has 1 N–H and O–H groups in total. The van der Waals surface area contributed by atoms with Gasteiger partial charge in [-0.15, -0.1) is 0 Å². The second kappa shape index (κ2) is 4.75. The number of hydrogen-bond donors (Lipinski definition) is 1. The molecule has 4 atom stereocenters. The number of nitrogens with zero attached hydrogens (tertiary/aromatic N) is 1. The number of ether oxygens (including phenoxy) is 2. The largest absolute Gasteiger partial charge is 0.480 e. The zero-order valence-corrected chi connectivity index (χ0v) is 11.7. The number of carbonyl (C=O) groups excluding carboxylic acids is 1. The molecule has 1 saturated heterocycles. The van der Waals surface area contributed by atoms with Crippen molar-refractivity contribution in [2.75, 3.05) is 6.61 Å². The normalized spacial score (nSPS) is 32.4. The first-order valence-electron chi connectivity index (χ1n) is 6.36. The molecule has 1 saturated carbocycles. The highest BCUT2D eigenvalue weighted by Gasteiger charge is 2.72. The van der Waals surface area contributed by atoms with Gasteiger partial charge in [0.15, 0.2) is 6.04 Å². The van der Waals surface area contributed by atoms with E-state index in [2.05, 4.69) is 0 Å². The van der Waals surface area contributed by atoms with E-state index in [1.807, 2.05) is 0 Å². The Morgan fingerprint density at radius 1 is 1.29 bits per heavy atom. The van der Waals surface area contributed by atoms with Gasteiger partial charge in [-0.25, -0.2) is 9.59 Å². The number of alkyl halides is 3. The Hall–Kier alpha value is -1.51. The molecule has 1 amide bonds. The second-order valence-electron chi connectivity index (χ2n) is 6.10. The minimum absolute atomic E-state index is 0.484. The van der Waals surface area contributed by atoms with E-state index in [1.165, 1.54) is 0 Å². The maximum atomic E-state index is 12.8. The standard InChI is InChI=1S/C12H16F3NO5/c1-11(2,3)21-10(19)16-5(9(17)18)4-20-8-6(7(8)16)12(13,14)15/h5-8H,4H2,1-3H3,(H,17,18)/t5-,6+,7-,8-/m0/s1. The summed E-state index contributed by atoms with van der Waals surface area (Å²) in [7, 11) is 0. The molecule has 0 aromatic heterocycles. The molecule has 0 aromatic carbocycles. The highest BCUT2D eigenvalue weighted by atomic mass is 19.4. The van der Waals surface area contributed by atoms with Crippen molar-refractivity contribution in [2.24, 2.45) is 5.92 Å². The van der Waals surface area contributed by atoms with E-state index >= 15 is 0 Å². The van der Waals surface area contributed by atoms with Gasteiger partial charge in [0.05, 0.1) is 18.8 Å². The van der Waals surface area contributed by atoms with Crippen molar-refractivity contribution in [1.29, 1.82) is 0 Å². The second-order valence-corrected chi connectivity index (χ2v) is 6.10. The van der Waals surface area contributed by atoms with Gasteiger partial charge in [0.2, 0.25) is 0 Å². The topological polar surface area (TPSA) is 76.1 Å². The van der Waals surface area contributed by atoms with Crippen LogP contribution in [0.3, 0.4) is 0 Å². The van der Waals surface area contributed by atoms with Crippen LogP contribution < -0.4 is 0 Å². The van der Waals surface area contributed by atoms with Gasteiger partial charge in [-0.05, 0) is 20.8 Å². The van der Waals surface area contributed by atoms with E-state index in [9.17, 15) is 22.8 Å². The molecule has 1 aliphatic heterocycles. The van der Waals surface area contributed by atoms with Crippen LogP contribution in [-0.2, 0) is 14.3 Å². The van der Waals surface area contributed by atoms with Gasteiger partial charge in [0.1, 0.15) is 11.5 Å². The number of fused-ring (bicyclic) bond motifs is 1. The molecule has 120 valence electrons. The molecule has 0 unspecified atom stereocenters. The lowest BCUT2D eigenvalue weighted by atomic mass is 10.2. The SMILES string of the molecule is CC(C)(C)OC(=O)N1[C@@H]2[C@@H](OC[C@H]1C(=O)O)[C@@H]2C(F)(F)F. The summed E-state index contributed by atoms with van der Waals surface area (Å²) in [6.07, 6.45) is -6.84. The van der Waals surface area contributed by atoms with E-state index in [-0.39, 0.29) is 0 Å². The fraction of sp³-hybridized carbons (Fsp3) is 0.833. The van der Waals surface area contributed by atoms with E-state index in [0.717, 1.165) is 0 Å². The Kier molecular flexibility index (Phi) is 3.59.